The molecule has 2 aromatic rings. The predicted molar refractivity (Wildman–Crippen MR) is 84.3 cm³/mol. The van der Waals surface area contributed by atoms with Crippen LogP contribution in [0.25, 0.3) is 11.4 Å². The van der Waals surface area contributed by atoms with Crippen molar-refractivity contribution in [3.63, 3.8) is 0 Å². The van der Waals surface area contributed by atoms with E-state index in [9.17, 15) is 9.59 Å². The summed E-state index contributed by atoms with van der Waals surface area (Å²) in [5.74, 6) is 0.611. The van der Waals surface area contributed by atoms with Gasteiger partial charge in [-0.3, -0.25) is 4.79 Å². The third-order valence-corrected chi connectivity index (χ3v) is 3.22. The number of hydrogen-bond donors (Lipinski definition) is 1. The molecule has 0 aliphatic rings. The molecule has 0 atom stereocenters. The highest BCUT2D eigenvalue weighted by Crippen LogP contribution is 2.16. The number of carbonyl (C=O) groups is 2. The minimum absolute atomic E-state index is 0.360. The second kappa shape index (κ2) is 7.88. The summed E-state index contributed by atoms with van der Waals surface area (Å²) in [5, 5.41) is 11.0. The van der Waals surface area contributed by atoms with Gasteiger partial charge in [0, 0.05) is 37.7 Å². The topological polar surface area (TPSA) is 86.1 Å². The first-order valence-corrected chi connectivity index (χ1v) is 7.09. The van der Waals surface area contributed by atoms with Crippen molar-refractivity contribution in [3.8, 4) is 11.4 Å². The minimum Gasteiger partial charge on any atom is -0.466 e. The van der Waals surface area contributed by atoms with E-state index in [2.05, 4.69) is 20.3 Å². The van der Waals surface area contributed by atoms with Gasteiger partial charge in [0.05, 0.1) is 7.11 Å². The molecule has 120 valence electrons. The summed E-state index contributed by atoms with van der Waals surface area (Å²) < 4.78 is 6.30. The van der Waals surface area contributed by atoms with Crippen molar-refractivity contribution in [1.82, 2.24) is 20.1 Å². The summed E-state index contributed by atoms with van der Waals surface area (Å²) in [6.45, 7) is 0.394. The number of carbonyl (C=O) groups excluding carboxylic acids is 2. The molecule has 7 nitrogen and oxygen atoms in total. The number of methoxy groups -OCH3 is 1. The summed E-state index contributed by atoms with van der Waals surface area (Å²) in [6.07, 6.45) is 2.75. The predicted octanol–water partition coefficient (Wildman–Crippen LogP) is 0.870. The van der Waals surface area contributed by atoms with Crippen LogP contribution in [0.4, 0.5) is 0 Å². The molecule has 1 amide bonds. The lowest BCUT2D eigenvalue weighted by atomic mass is 10.2. The van der Waals surface area contributed by atoms with Gasteiger partial charge in [0.2, 0.25) is 5.91 Å². The molecule has 1 aromatic heterocycles. The minimum atomic E-state index is -0.569. The maximum Gasteiger partial charge on any atom is 0.330 e. The van der Waals surface area contributed by atoms with E-state index in [0.717, 1.165) is 29.4 Å². The van der Waals surface area contributed by atoms with E-state index >= 15 is 0 Å². The van der Waals surface area contributed by atoms with Crippen molar-refractivity contribution in [2.75, 3.05) is 13.7 Å². The highest BCUT2D eigenvalue weighted by Gasteiger charge is 2.10. The fourth-order valence-corrected chi connectivity index (χ4v) is 1.99. The van der Waals surface area contributed by atoms with Crippen molar-refractivity contribution in [1.29, 1.82) is 0 Å². The van der Waals surface area contributed by atoms with Gasteiger partial charge in [-0.15, -0.1) is 10.2 Å². The number of aromatic nitrogens is 3. The second-order valence-corrected chi connectivity index (χ2v) is 4.76. The molecule has 2 rings (SSSR count). The smallest absolute Gasteiger partial charge is 0.330 e. The first kappa shape index (κ1) is 16.4. The van der Waals surface area contributed by atoms with Crippen molar-refractivity contribution < 1.29 is 14.3 Å². The lowest BCUT2D eigenvalue weighted by Gasteiger charge is -2.04. The number of hydrogen-bond acceptors (Lipinski definition) is 5. The highest BCUT2D eigenvalue weighted by atomic mass is 16.5. The lowest BCUT2D eigenvalue weighted by molar-refractivity contribution is -0.135. The molecule has 0 aliphatic heterocycles. The van der Waals surface area contributed by atoms with Gasteiger partial charge in [-0.25, -0.2) is 4.79 Å². The van der Waals surface area contributed by atoms with Crippen LogP contribution in [0.3, 0.4) is 0 Å². The number of benzene rings is 1. The van der Waals surface area contributed by atoms with Gasteiger partial charge in [0.1, 0.15) is 5.82 Å². The van der Waals surface area contributed by atoms with E-state index in [1.54, 1.807) is 0 Å². The van der Waals surface area contributed by atoms with Gasteiger partial charge in [-0.1, -0.05) is 30.3 Å². The van der Waals surface area contributed by atoms with Gasteiger partial charge in [-0.2, -0.15) is 0 Å². The third-order valence-electron chi connectivity index (χ3n) is 3.22. The third kappa shape index (κ3) is 4.50. The Kier molecular flexibility index (Phi) is 5.62. The Bertz CT molecular complexity index is 707. The molecule has 7 heteroatoms. The fourth-order valence-electron chi connectivity index (χ4n) is 1.99. The van der Waals surface area contributed by atoms with Crippen molar-refractivity contribution in [2.24, 2.45) is 7.05 Å². The number of rotatable bonds is 6. The molecule has 0 radical (unpaired) electrons. The zero-order valence-corrected chi connectivity index (χ0v) is 13.0. The Balaban J connectivity index is 1.90. The monoisotopic (exact) mass is 314 g/mol. The van der Waals surface area contributed by atoms with Crippen LogP contribution < -0.4 is 5.32 Å². The number of amides is 1. The molecule has 0 fully saturated rings. The molecule has 0 saturated heterocycles. The Labute approximate surface area is 134 Å². The summed E-state index contributed by atoms with van der Waals surface area (Å²) in [4.78, 5) is 22.4. The van der Waals surface area contributed by atoms with Crippen molar-refractivity contribution in [2.45, 2.75) is 6.42 Å². The van der Waals surface area contributed by atoms with Crippen molar-refractivity contribution >= 4 is 11.9 Å². The zero-order chi connectivity index (χ0) is 16.7. The van der Waals surface area contributed by atoms with Crippen LogP contribution in [0.15, 0.2) is 42.5 Å². The molecule has 0 aliphatic carbocycles. The maximum absolute atomic E-state index is 11.5. The normalized spacial score (nSPS) is 10.7. The maximum atomic E-state index is 11.5. The molecule has 0 saturated carbocycles. The molecule has 0 unspecified atom stereocenters. The molecule has 1 N–H and O–H groups in total. The van der Waals surface area contributed by atoms with Crippen LogP contribution in [0.2, 0.25) is 0 Å². The van der Waals surface area contributed by atoms with Gasteiger partial charge < -0.3 is 14.6 Å². The fraction of sp³-hybridized carbons (Fsp3) is 0.250. The quantitative estimate of drug-likeness (QED) is 0.631. The van der Waals surface area contributed by atoms with E-state index < -0.39 is 5.97 Å². The van der Waals surface area contributed by atoms with E-state index in [4.69, 9.17) is 0 Å². The molecule has 1 aromatic carbocycles. The average Bonchev–Trinajstić information content (AvgIpc) is 2.94. The number of nitrogens with one attached hydrogen (secondary N) is 1. The van der Waals surface area contributed by atoms with E-state index in [0.29, 0.717) is 13.0 Å². The van der Waals surface area contributed by atoms with Crippen LogP contribution >= 0.6 is 0 Å². The standard InChI is InChI=1S/C16H18N4O3/c1-20-13(10-11-17-14(21)8-9-15(22)23-2)18-19-16(20)12-6-4-3-5-7-12/h3-9H,10-11H2,1-2H3,(H,17,21)/b9-8+. The summed E-state index contributed by atoms with van der Waals surface area (Å²) in [5.41, 5.74) is 0.985. The Morgan fingerprint density at radius 1 is 1.22 bits per heavy atom. The zero-order valence-electron chi connectivity index (χ0n) is 13.0. The van der Waals surface area contributed by atoms with Gasteiger partial charge >= 0.3 is 5.97 Å². The van der Waals surface area contributed by atoms with Crippen LogP contribution in [-0.4, -0.2) is 40.3 Å². The Hall–Kier alpha value is -2.96. The largest absolute Gasteiger partial charge is 0.466 e. The summed E-state index contributed by atoms with van der Waals surface area (Å²) in [7, 11) is 3.14. The second-order valence-electron chi connectivity index (χ2n) is 4.76. The first-order chi connectivity index (χ1) is 11.1. The summed E-state index contributed by atoms with van der Waals surface area (Å²) >= 11 is 0. The van der Waals surface area contributed by atoms with E-state index in [1.807, 2.05) is 41.9 Å². The van der Waals surface area contributed by atoms with Crippen LogP contribution in [0, 0.1) is 0 Å². The number of nitrogens with zero attached hydrogens (tertiary/aromatic N) is 3. The van der Waals surface area contributed by atoms with Gasteiger partial charge in [-0.05, 0) is 0 Å². The van der Waals surface area contributed by atoms with Gasteiger partial charge in [0.15, 0.2) is 5.82 Å². The Morgan fingerprint density at radius 2 is 1.96 bits per heavy atom. The molecule has 1 heterocycles. The van der Waals surface area contributed by atoms with Crippen LogP contribution in [0.1, 0.15) is 5.82 Å². The SMILES string of the molecule is COC(=O)/C=C/C(=O)NCCc1nnc(-c2ccccc2)n1C. The van der Waals surface area contributed by atoms with E-state index in [1.165, 1.54) is 7.11 Å². The molecule has 23 heavy (non-hydrogen) atoms. The first-order valence-electron chi connectivity index (χ1n) is 7.09. The lowest BCUT2D eigenvalue weighted by Crippen LogP contribution is -2.24. The molecular formula is C16H18N4O3. The Morgan fingerprint density at radius 3 is 2.65 bits per heavy atom. The molecular weight excluding hydrogens is 296 g/mol. The van der Waals surface area contributed by atoms with Gasteiger partial charge in [0.25, 0.3) is 0 Å². The van der Waals surface area contributed by atoms with Crippen LogP contribution in [0.5, 0.6) is 0 Å². The number of ether oxygens (including phenoxy) is 1. The molecule has 0 bridgehead atoms. The number of esters is 1. The molecule has 0 spiro atoms. The average molecular weight is 314 g/mol. The summed E-state index contributed by atoms with van der Waals surface area (Å²) in [6, 6.07) is 9.76. The van der Waals surface area contributed by atoms with Crippen LogP contribution in [-0.2, 0) is 27.8 Å². The van der Waals surface area contributed by atoms with E-state index in [-0.39, 0.29) is 5.91 Å². The van der Waals surface area contributed by atoms with Crippen molar-refractivity contribution in [3.05, 3.63) is 48.3 Å². The highest BCUT2D eigenvalue weighted by molar-refractivity contribution is 5.94.